The Balaban J connectivity index is 2.56. The van der Waals surface area contributed by atoms with Gasteiger partial charge in [0.1, 0.15) is 6.10 Å². The summed E-state index contributed by atoms with van der Waals surface area (Å²) < 4.78 is 5.43. The van der Waals surface area contributed by atoms with Gasteiger partial charge in [0.15, 0.2) is 5.78 Å². The number of ketones is 1. The van der Waals surface area contributed by atoms with Gasteiger partial charge in [-0.05, 0) is 26.3 Å². The first kappa shape index (κ1) is 11.4. The summed E-state index contributed by atoms with van der Waals surface area (Å²) >= 11 is 0. The van der Waals surface area contributed by atoms with Gasteiger partial charge in [-0.25, -0.2) is 0 Å². The van der Waals surface area contributed by atoms with Gasteiger partial charge in [0.2, 0.25) is 0 Å². The maximum atomic E-state index is 11.6. The van der Waals surface area contributed by atoms with Crippen molar-refractivity contribution in [3.8, 4) is 0 Å². The monoisotopic (exact) mass is 197 g/mol. The molecule has 3 nitrogen and oxygen atoms in total. The van der Waals surface area contributed by atoms with E-state index in [1.165, 1.54) is 0 Å². The molecule has 0 spiro atoms. The molecule has 1 heterocycles. The second-order valence-electron chi connectivity index (χ2n) is 4.09. The Labute approximate surface area is 85.7 Å². The average molecular weight is 197 g/mol. The summed E-state index contributed by atoms with van der Waals surface area (Å²) in [6.07, 6.45) is -0.302. The number of carbonyl (C=O) groups is 1. The molecule has 1 fully saturated rings. The Morgan fingerprint density at radius 1 is 1.57 bits per heavy atom. The van der Waals surface area contributed by atoms with E-state index in [0.717, 1.165) is 6.54 Å². The van der Waals surface area contributed by atoms with Crippen LogP contribution in [0.25, 0.3) is 0 Å². The first-order valence-electron chi connectivity index (χ1n) is 5.07. The molecule has 1 rings (SSSR count). The van der Waals surface area contributed by atoms with Gasteiger partial charge >= 0.3 is 0 Å². The molecular formula is C11H19NO2. The topological polar surface area (TPSA) is 29.5 Å². The van der Waals surface area contributed by atoms with E-state index in [-0.39, 0.29) is 11.9 Å². The number of carbonyl (C=O) groups excluding carboxylic acids is 1. The predicted molar refractivity (Wildman–Crippen MR) is 56.3 cm³/mol. The van der Waals surface area contributed by atoms with Crippen LogP contribution >= 0.6 is 0 Å². The Bertz CT molecular complexity index is 235. The summed E-state index contributed by atoms with van der Waals surface area (Å²) in [5, 5.41) is 0. The highest BCUT2D eigenvalue weighted by Crippen LogP contribution is 2.11. The minimum Gasteiger partial charge on any atom is -0.367 e. The van der Waals surface area contributed by atoms with Crippen molar-refractivity contribution in [3.63, 3.8) is 0 Å². The van der Waals surface area contributed by atoms with Crippen molar-refractivity contribution in [2.45, 2.75) is 32.9 Å². The minimum absolute atomic E-state index is 0.0374. The van der Waals surface area contributed by atoms with E-state index < -0.39 is 0 Å². The van der Waals surface area contributed by atoms with Crippen LogP contribution in [0, 0.1) is 0 Å². The lowest BCUT2D eigenvalue weighted by atomic mass is 10.1. The Kier molecular flexibility index (Phi) is 3.84. The number of rotatable bonds is 3. The molecule has 0 aromatic carbocycles. The number of ether oxygens (including phenoxy) is 1. The van der Waals surface area contributed by atoms with Crippen molar-refractivity contribution in [1.82, 2.24) is 4.90 Å². The Morgan fingerprint density at radius 2 is 2.21 bits per heavy atom. The van der Waals surface area contributed by atoms with Crippen molar-refractivity contribution in [2.24, 2.45) is 0 Å². The zero-order chi connectivity index (χ0) is 10.7. The predicted octanol–water partition coefficient (Wildman–Crippen LogP) is 1.24. The quantitative estimate of drug-likeness (QED) is 0.638. The van der Waals surface area contributed by atoms with Crippen molar-refractivity contribution >= 4 is 5.78 Å². The van der Waals surface area contributed by atoms with Crippen LogP contribution < -0.4 is 0 Å². The molecule has 14 heavy (non-hydrogen) atoms. The van der Waals surface area contributed by atoms with Crippen LogP contribution in [0.4, 0.5) is 0 Å². The van der Waals surface area contributed by atoms with E-state index in [9.17, 15) is 4.79 Å². The van der Waals surface area contributed by atoms with Crippen LogP contribution in [0.1, 0.15) is 20.8 Å². The number of hydrogen-bond acceptors (Lipinski definition) is 3. The van der Waals surface area contributed by atoms with E-state index in [0.29, 0.717) is 24.8 Å². The summed E-state index contributed by atoms with van der Waals surface area (Å²) in [6, 6.07) is 0.472. The molecule has 1 atom stereocenters. The zero-order valence-electron chi connectivity index (χ0n) is 9.25. The lowest BCUT2D eigenvalue weighted by Gasteiger charge is -2.34. The zero-order valence-corrected chi connectivity index (χ0v) is 9.25. The van der Waals surface area contributed by atoms with E-state index in [1.807, 2.05) is 0 Å². The van der Waals surface area contributed by atoms with Gasteiger partial charge in [-0.15, -0.1) is 0 Å². The van der Waals surface area contributed by atoms with Crippen LogP contribution in [0.15, 0.2) is 12.2 Å². The largest absolute Gasteiger partial charge is 0.367 e. The second-order valence-corrected chi connectivity index (χ2v) is 4.09. The molecular weight excluding hydrogens is 178 g/mol. The summed E-state index contributed by atoms with van der Waals surface area (Å²) in [5.41, 5.74) is 0.584. The number of Topliss-reactive ketones (excluding diaryl/α,β-unsaturated/α-hetero) is 1. The summed E-state index contributed by atoms with van der Waals surface area (Å²) in [6.45, 7) is 11.9. The fraction of sp³-hybridized carbons (Fsp3) is 0.727. The van der Waals surface area contributed by atoms with Crippen LogP contribution in [-0.2, 0) is 9.53 Å². The lowest BCUT2D eigenvalue weighted by Crippen LogP contribution is -2.48. The van der Waals surface area contributed by atoms with Crippen LogP contribution in [0.2, 0.25) is 0 Å². The van der Waals surface area contributed by atoms with E-state index in [1.54, 1.807) is 6.92 Å². The van der Waals surface area contributed by atoms with Crippen LogP contribution in [0.5, 0.6) is 0 Å². The third-order valence-electron chi connectivity index (χ3n) is 2.54. The molecule has 0 bridgehead atoms. The maximum absolute atomic E-state index is 11.6. The number of hydrogen-bond donors (Lipinski definition) is 0. The SMILES string of the molecule is C=C(C)C(=O)C1CN(C(C)C)CCO1. The molecule has 0 N–H and O–H groups in total. The standard InChI is InChI=1S/C11H19NO2/c1-8(2)11(13)10-7-12(9(3)4)5-6-14-10/h9-10H,1,5-7H2,2-4H3. The van der Waals surface area contributed by atoms with Gasteiger partial charge in [-0.1, -0.05) is 6.58 Å². The van der Waals surface area contributed by atoms with Crippen molar-refractivity contribution in [3.05, 3.63) is 12.2 Å². The molecule has 0 amide bonds. The molecule has 0 aromatic heterocycles. The number of morpholine rings is 1. The van der Waals surface area contributed by atoms with Gasteiger partial charge in [0.05, 0.1) is 6.61 Å². The van der Waals surface area contributed by atoms with E-state index >= 15 is 0 Å². The normalized spacial score (nSPS) is 23.9. The molecule has 1 unspecified atom stereocenters. The number of nitrogens with zero attached hydrogens (tertiary/aromatic N) is 1. The first-order chi connectivity index (χ1) is 6.52. The van der Waals surface area contributed by atoms with Crippen molar-refractivity contribution in [2.75, 3.05) is 19.7 Å². The van der Waals surface area contributed by atoms with Gasteiger partial charge in [0.25, 0.3) is 0 Å². The van der Waals surface area contributed by atoms with Gasteiger partial charge in [-0.2, -0.15) is 0 Å². The first-order valence-corrected chi connectivity index (χ1v) is 5.07. The maximum Gasteiger partial charge on any atom is 0.187 e. The fourth-order valence-electron chi connectivity index (χ4n) is 1.57. The van der Waals surface area contributed by atoms with Gasteiger partial charge in [-0.3, -0.25) is 9.69 Å². The molecule has 0 aliphatic carbocycles. The molecule has 1 aliphatic rings. The summed E-state index contributed by atoms with van der Waals surface area (Å²) in [7, 11) is 0. The molecule has 80 valence electrons. The highest BCUT2D eigenvalue weighted by Gasteiger charge is 2.27. The van der Waals surface area contributed by atoms with Gasteiger partial charge in [0, 0.05) is 19.1 Å². The highest BCUT2D eigenvalue weighted by molar-refractivity contribution is 5.97. The van der Waals surface area contributed by atoms with Crippen molar-refractivity contribution in [1.29, 1.82) is 0 Å². The average Bonchev–Trinajstić information content (AvgIpc) is 2.16. The summed E-state index contributed by atoms with van der Waals surface area (Å²) in [5.74, 6) is 0.0374. The molecule has 1 saturated heterocycles. The van der Waals surface area contributed by atoms with E-state index in [4.69, 9.17) is 4.74 Å². The van der Waals surface area contributed by atoms with Crippen LogP contribution in [-0.4, -0.2) is 42.5 Å². The third kappa shape index (κ3) is 2.66. The second kappa shape index (κ2) is 4.71. The molecule has 0 aromatic rings. The van der Waals surface area contributed by atoms with Crippen molar-refractivity contribution < 1.29 is 9.53 Å². The minimum atomic E-state index is -0.302. The summed E-state index contributed by atoms with van der Waals surface area (Å²) in [4.78, 5) is 13.9. The van der Waals surface area contributed by atoms with Gasteiger partial charge < -0.3 is 4.74 Å². The van der Waals surface area contributed by atoms with Crippen LogP contribution in [0.3, 0.4) is 0 Å². The Hall–Kier alpha value is -0.670. The van der Waals surface area contributed by atoms with E-state index in [2.05, 4.69) is 25.3 Å². The fourth-order valence-corrected chi connectivity index (χ4v) is 1.57. The smallest absolute Gasteiger partial charge is 0.187 e. The third-order valence-corrected chi connectivity index (χ3v) is 2.54. The molecule has 3 heteroatoms. The lowest BCUT2D eigenvalue weighted by molar-refractivity contribution is -0.133. The molecule has 0 saturated carbocycles. The Morgan fingerprint density at radius 3 is 2.71 bits per heavy atom. The highest BCUT2D eigenvalue weighted by atomic mass is 16.5. The molecule has 0 radical (unpaired) electrons. The molecule has 1 aliphatic heterocycles.